The molecule has 0 aliphatic heterocycles. The van der Waals surface area contributed by atoms with Crippen LogP contribution in [0.1, 0.15) is 16.1 Å². The third-order valence-electron chi connectivity index (χ3n) is 2.95. The van der Waals surface area contributed by atoms with E-state index in [0.29, 0.717) is 13.1 Å². The lowest BCUT2D eigenvalue weighted by molar-refractivity contribution is 0.240. The molecule has 3 rings (SSSR count). The van der Waals surface area contributed by atoms with E-state index in [2.05, 4.69) is 21.7 Å². The van der Waals surface area contributed by atoms with Crippen molar-refractivity contribution in [3.8, 4) is 0 Å². The van der Waals surface area contributed by atoms with Gasteiger partial charge in [0.25, 0.3) is 0 Å². The molecule has 3 aromatic rings. The lowest BCUT2D eigenvalue weighted by atomic mass is 10.3. The van der Waals surface area contributed by atoms with Crippen LogP contribution in [0.25, 0.3) is 4.96 Å². The first-order valence-electron chi connectivity index (χ1n) is 6.18. The maximum absolute atomic E-state index is 11.7. The Morgan fingerprint density at radius 3 is 2.90 bits per heavy atom. The van der Waals surface area contributed by atoms with E-state index in [4.69, 9.17) is 0 Å². The summed E-state index contributed by atoms with van der Waals surface area (Å²) in [5, 5.41) is 9.68. The van der Waals surface area contributed by atoms with Crippen LogP contribution in [0.3, 0.4) is 0 Å². The highest BCUT2D eigenvalue weighted by atomic mass is 32.1. The molecule has 5 nitrogen and oxygen atoms in total. The zero-order valence-electron chi connectivity index (χ0n) is 10.9. The Hall–Kier alpha value is -1.86. The highest BCUT2D eigenvalue weighted by molar-refractivity contribution is 7.15. The zero-order valence-corrected chi connectivity index (χ0v) is 12.6. The molecule has 3 aromatic heterocycles. The van der Waals surface area contributed by atoms with E-state index in [9.17, 15) is 4.79 Å². The summed E-state index contributed by atoms with van der Waals surface area (Å²) < 4.78 is 1.95. The normalized spacial score (nSPS) is 10.8. The van der Waals surface area contributed by atoms with Crippen LogP contribution in [0.5, 0.6) is 0 Å². The van der Waals surface area contributed by atoms with Gasteiger partial charge >= 0.3 is 6.03 Å². The van der Waals surface area contributed by atoms with Crippen LogP contribution in [0, 0.1) is 6.92 Å². The van der Waals surface area contributed by atoms with Crippen LogP contribution in [0.2, 0.25) is 0 Å². The summed E-state index contributed by atoms with van der Waals surface area (Å²) in [6.45, 7) is 3.04. The van der Waals surface area contributed by atoms with E-state index >= 15 is 0 Å². The van der Waals surface area contributed by atoms with Gasteiger partial charge in [-0.3, -0.25) is 4.40 Å². The van der Waals surface area contributed by atoms with E-state index in [1.807, 2.05) is 34.5 Å². The highest BCUT2D eigenvalue weighted by Gasteiger charge is 2.06. The largest absolute Gasteiger partial charge is 0.333 e. The van der Waals surface area contributed by atoms with Crippen molar-refractivity contribution in [2.45, 2.75) is 20.0 Å². The number of carbonyl (C=O) groups excluding carboxylic acids is 1. The summed E-state index contributed by atoms with van der Waals surface area (Å²) in [4.78, 5) is 18.3. The Labute approximate surface area is 124 Å². The molecule has 0 atom stereocenters. The molecule has 0 saturated carbocycles. The Bertz CT molecular complexity index is 699. The molecule has 2 N–H and O–H groups in total. The molecular formula is C13H14N4OS2. The van der Waals surface area contributed by atoms with Gasteiger partial charge in [0.15, 0.2) is 4.96 Å². The van der Waals surface area contributed by atoms with Gasteiger partial charge in [-0.1, -0.05) is 0 Å². The summed E-state index contributed by atoms with van der Waals surface area (Å²) in [6.07, 6.45) is 3.88. The van der Waals surface area contributed by atoms with Gasteiger partial charge in [0.1, 0.15) is 0 Å². The minimum absolute atomic E-state index is 0.172. The van der Waals surface area contributed by atoms with Crippen LogP contribution >= 0.6 is 22.7 Å². The fourth-order valence-corrected chi connectivity index (χ4v) is 3.41. The van der Waals surface area contributed by atoms with Crippen molar-refractivity contribution in [1.29, 1.82) is 0 Å². The first-order chi connectivity index (χ1) is 9.72. The van der Waals surface area contributed by atoms with Gasteiger partial charge < -0.3 is 10.6 Å². The quantitative estimate of drug-likeness (QED) is 0.778. The number of urea groups is 1. The van der Waals surface area contributed by atoms with Crippen LogP contribution < -0.4 is 10.6 Å². The molecule has 20 heavy (non-hydrogen) atoms. The number of thiophene rings is 1. The topological polar surface area (TPSA) is 58.4 Å². The number of carbonyl (C=O) groups is 1. The highest BCUT2D eigenvalue weighted by Crippen LogP contribution is 2.14. The molecule has 0 aromatic carbocycles. The number of nitrogens with one attached hydrogen (secondary N) is 2. The number of nitrogens with zero attached hydrogens (tertiary/aromatic N) is 2. The second-order valence-corrected chi connectivity index (χ2v) is 6.26. The maximum Gasteiger partial charge on any atom is 0.315 e. The second kappa shape index (κ2) is 5.64. The molecule has 0 unspecified atom stereocenters. The first-order valence-corrected chi connectivity index (χ1v) is 7.94. The average molecular weight is 306 g/mol. The van der Waals surface area contributed by atoms with Crippen LogP contribution in [-0.4, -0.2) is 15.4 Å². The molecule has 3 heterocycles. The van der Waals surface area contributed by atoms with Gasteiger partial charge in [-0.2, -0.15) is 0 Å². The lowest BCUT2D eigenvalue weighted by Gasteiger charge is -2.05. The van der Waals surface area contributed by atoms with E-state index in [-0.39, 0.29) is 6.03 Å². The Kier molecular flexibility index (Phi) is 3.70. The Balaban J connectivity index is 1.49. The molecule has 104 valence electrons. The number of hydrogen-bond donors (Lipinski definition) is 2. The standard InChI is InChI=1S/C13H14N4OS2/c1-9-2-4-19-11(9)7-15-12(18)14-6-10-8-17-3-5-20-13(17)16-10/h2-5,8H,6-7H2,1H3,(H2,14,15,18). The fourth-order valence-electron chi connectivity index (χ4n) is 1.84. The summed E-state index contributed by atoms with van der Waals surface area (Å²) >= 11 is 3.23. The number of aryl methyl sites for hydroxylation is 1. The zero-order chi connectivity index (χ0) is 13.9. The monoisotopic (exact) mass is 306 g/mol. The summed E-state index contributed by atoms with van der Waals surface area (Å²) in [6, 6.07) is 1.88. The summed E-state index contributed by atoms with van der Waals surface area (Å²) in [5.41, 5.74) is 2.07. The van der Waals surface area contributed by atoms with Crippen molar-refractivity contribution in [3.63, 3.8) is 0 Å². The SMILES string of the molecule is Cc1ccsc1CNC(=O)NCc1cn2ccsc2n1. The minimum atomic E-state index is -0.172. The predicted molar refractivity (Wildman–Crippen MR) is 81.2 cm³/mol. The van der Waals surface area contributed by atoms with E-state index in [1.54, 1.807) is 22.7 Å². The smallest absolute Gasteiger partial charge is 0.315 e. The summed E-state index contributed by atoms with van der Waals surface area (Å²) in [7, 11) is 0. The lowest BCUT2D eigenvalue weighted by Crippen LogP contribution is -2.34. The van der Waals surface area contributed by atoms with Crippen molar-refractivity contribution in [1.82, 2.24) is 20.0 Å². The van der Waals surface area contributed by atoms with Crippen molar-refractivity contribution in [3.05, 3.63) is 45.4 Å². The van der Waals surface area contributed by atoms with E-state index < -0.39 is 0 Å². The van der Waals surface area contributed by atoms with Crippen LogP contribution in [0.15, 0.2) is 29.2 Å². The fraction of sp³-hybridized carbons (Fsp3) is 0.231. The molecule has 0 aliphatic carbocycles. The third-order valence-corrected chi connectivity index (χ3v) is 4.74. The molecular weight excluding hydrogens is 292 g/mol. The van der Waals surface area contributed by atoms with Gasteiger partial charge in [0, 0.05) is 22.7 Å². The molecule has 0 spiro atoms. The van der Waals surface area contributed by atoms with Gasteiger partial charge in [0.2, 0.25) is 0 Å². The third kappa shape index (κ3) is 2.83. The molecule has 0 fully saturated rings. The van der Waals surface area contributed by atoms with Gasteiger partial charge in [0.05, 0.1) is 18.8 Å². The predicted octanol–water partition coefficient (Wildman–Crippen LogP) is 2.77. The maximum atomic E-state index is 11.7. The Morgan fingerprint density at radius 1 is 1.30 bits per heavy atom. The number of amides is 2. The molecule has 0 aliphatic rings. The molecule has 0 saturated heterocycles. The number of imidazole rings is 1. The molecule has 0 radical (unpaired) electrons. The molecule has 0 bridgehead atoms. The van der Waals surface area contributed by atoms with Gasteiger partial charge in [-0.15, -0.1) is 22.7 Å². The van der Waals surface area contributed by atoms with Crippen LogP contribution in [-0.2, 0) is 13.1 Å². The van der Waals surface area contributed by atoms with E-state index in [1.165, 1.54) is 10.4 Å². The summed E-state index contributed by atoms with van der Waals surface area (Å²) in [5.74, 6) is 0. The van der Waals surface area contributed by atoms with Gasteiger partial charge in [-0.05, 0) is 23.9 Å². The van der Waals surface area contributed by atoms with Crippen molar-refractivity contribution >= 4 is 33.7 Å². The number of fused-ring (bicyclic) bond motifs is 1. The first kappa shape index (κ1) is 13.1. The average Bonchev–Trinajstić information content (AvgIpc) is 3.09. The molecule has 7 heteroatoms. The second-order valence-electron chi connectivity index (χ2n) is 4.39. The number of thiazole rings is 1. The minimum Gasteiger partial charge on any atom is -0.333 e. The number of hydrogen-bond acceptors (Lipinski definition) is 4. The van der Waals surface area contributed by atoms with Crippen molar-refractivity contribution in [2.24, 2.45) is 0 Å². The van der Waals surface area contributed by atoms with Gasteiger partial charge in [-0.25, -0.2) is 9.78 Å². The molecule has 2 amide bonds. The number of aromatic nitrogens is 2. The van der Waals surface area contributed by atoms with E-state index in [0.717, 1.165) is 10.7 Å². The van der Waals surface area contributed by atoms with Crippen molar-refractivity contribution < 1.29 is 4.79 Å². The van der Waals surface area contributed by atoms with Crippen LogP contribution in [0.4, 0.5) is 4.79 Å². The van der Waals surface area contributed by atoms with Crippen molar-refractivity contribution in [2.75, 3.05) is 0 Å². The Morgan fingerprint density at radius 2 is 2.15 bits per heavy atom. The number of rotatable bonds is 4.